The number of carbonyl (C=O) groups excluding carboxylic acids is 1. The van der Waals surface area contributed by atoms with Crippen molar-refractivity contribution in [2.75, 3.05) is 12.8 Å². The summed E-state index contributed by atoms with van der Waals surface area (Å²) in [6.45, 7) is 2.33. The molecule has 2 N–H and O–H groups in total. The van der Waals surface area contributed by atoms with Crippen molar-refractivity contribution in [2.24, 2.45) is 0 Å². The fourth-order valence-corrected chi connectivity index (χ4v) is 3.19. The number of urea groups is 1. The average Bonchev–Trinajstić information content (AvgIpc) is 2.54. The van der Waals surface area contributed by atoms with E-state index in [2.05, 4.69) is 10.6 Å². The molecule has 2 rings (SSSR count). The van der Waals surface area contributed by atoms with Crippen LogP contribution in [0, 0.1) is 0 Å². The molecule has 1 unspecified atom stereocenters. The number of hydrogen-bond donors (Lipinski definition) is 2. The number of nitrogens with one attached hydrogen (secondary N) is 2. The number of sulfone groups is 1. The number of rotatable bonds is 6. The summed E-state index contributed by atoms with van der Waals surface area (Å²) in [5, 5.41) is 6.30. The zero-order chi connectivity index (χ0) is 18.4. The van der Waals surface area contributed by atoms with E-state index in [9.17, 15) is 13.2 Å². The smallest absolute Gasteiger partial charge is 0.315 e. The van der Waals surface area contributed by atoms with Crippen LogP contribution in [-0.4, -0.2) is 27.2 Å². The summed E-state index contributed by atoms with van der Waals surface area (Å²) in [6, 6.07) is 13.5. The first-order valence-electron chi connectivity index (χ1n) is 7.84. The van der Waals surface area contributed by atoms with Crippen molar-refractivity contribution >= 4 is 27.5 Å². The minimum Gasteiger partial charge on any atom is -0.338 e. The van der Waals surface area contributed by atoms with Crippen molar-refractivity contribution in [1.82, 2.24) is 10.6 Å². The summed E-state index contributed by atoms with van der Waals surface area (Å²) in [7, 11) is -3.22. The highest BCUT2D eigenvalue weighted by molar-refractivity contribution is 7.90. The lowest BCUT2D eigenvalue weighted by atomic mass is 10.1. The monoisotopic (exact) mass is 380 g/mol. The molecule has 2 aromatic rings. The highest BCUT2D eigenvalue weighted by Crippen LogP contribution is 2.16. The van der Waals surface area contributed by atoms with Crippen molar-refractivity contribution in [2.45, 2.75) is 24.3 Å². The number of halogens is 1. The van der Waals surface area contributed by atoms with Crippen LogP contribution in [-0.2, 0) is 16.3 Å². The number of benzene rings is 2. The quantitative estimate of drug-likeness (QED) is 0.806. The molecule has 0 spiro atoms. The summed E-state index contributed by atoms with van der Waals surface area (Å²) in [6.07, 6.45) is 1.85. The molecule has 5 nitrogen and oxygen atoms in total. The van der Waals surface area contributed by atoms with E-state index in [0.717, 1.165) is 17.4 Å². The van der Waals surface area contributed by atoms with E-state index in [1.54, 1.807) is 24.3 Å². The molecule has 2 aromatic carbocycles. The predicted octanol–water partition coefficient (Wildman–Crippen LogP) is 3.35. The Morgan fingerprint density at radius 1 is 1.16 bits per heavy atom. The Morgan fingerprint density at radius 3 is 2.44 bits per heavy atom. The van der Waals surface area contributed by atoms with Gasteiger partial charge in [0.2, 0.25) is 0 Å². The SMILES string of the molecule is CC(NC(=O)NCCc1cccc(Cl)c1)c1ccc(S(C)(=O)=O)cc1. The van der Waals surface area contributed by atoms with Crippen molar-refractivity contribution in [3.8, 4) is 0 Å². The summed E-state index contributed by atoms with van der Waals surface area (Å²) in [5.41, 5.74) is 1.88. The maximum absolute atomic E-state index is 12.0. The number of amides is 2. The maximum Gasteiger partial charge on any atom is 0.315 e. The fourth-order valence-electron chi connectivity index (χ4n) is 2.35. The van der Waals surface area contributed by atoms with Gasteiger partial charge in [-0.25, -0.2) is 13.2 Å². The molecule has 0 heterocycles. The van der Waals surface area contributed by atoms with Crippen LogP contribution in [0.3, 0.4) is 0 Å². The van der Waals surface area contributed by atoms with E-state index < -0.39 is 9.84 Å². The zero-order valence-electron chi connectivity index (χ0n) is 14.1. The van der Waals surface area contributed by atoms with Crippen LogP contribution in [0.2, 0.25) is 5.02 Å². The maximum atomic E-state index is 12.0. The van der Waals surface area contributed by atoms with E-state index in [0.29, 0.717) is 18.0 Å². The lowest BCUT2D eigenvalue weighted by Gasteiger charge is -2.15. The van der Waals surface area contributed by atoms with Crippen LogP contribution in [0.1, 0.15) is 24.1 Å². The van der Waals surface area contributed by atoms with Crippen LogP contribution in [0.25, 0.3) is 0 Å². The lowest BCUT2D eigenvalue weighted by molar-refractivity contribution is 0.238. The number of carbonyl (C=O) groups is 1. The average molecular weight is 381 g/mol. The Kier molecular flexibility index (Phi) is 6.45. The van der Waals surface area contributed by atoms with E-state index in [1.807, 2.05) is 31.2 Å². The second-order valence-corrected chi connectivity index (χ2v) is 8.30. The van der Waals surface area contributed by atoms with E-state index >= 15 is 0 Å². The van der Waals surface area contributed by atoms with Crippen molar-refractivity contribution < 1.29 is 13.2 Å². The van der Waals surface area contributed by atoms with Crippen molar-refractivity contribution in [3.63, 3.8) is 0 Å². The molecule has 0 bridgehead atoms. The second-order valence-electron chi connectivity index (χ2n) is 5.84. The van der Waals surface area contributed by atoms with Gasteiger partial charge in [-0.15, -0.1) is 0 Å². The molecular weight excluding hydrogens is 360 g/mol. The first kappa shape index (κ1) is 19.3. The standard InChI is InChI=1S/C18H21ClN2O3S/c1-13(15-6-8-17(9-7-15)25(2,23)24)21-18(22)20-11-10-14-4-3-5-16(19)12-14/h3-9,12-13H,10-11H2,1-2H3,(H2,20,21,22). The van der Waals surface area contributed by atoms with Gasteiger partial charge in [0, 0.05) is 17.8 Å². The van der Waals surface area contributed by atoms with Gasteiger partial charge in [-0.3, -0.25) is 0 Å². The van der Waals surface area contributed by atoms with Gasteiger partial charge in [0.25, 0.3) is 0 Å². The minimum absolute atomic E-state index is 0.236. The van der Waals surface area contributed by atoms with E-state index in [-0.39, 0.29) is 17.0 Å². The molecule has 0 saturated carbocycles. The summed E-state index contributed by atoms with van der Waals surface area (Å²) in [4.78, 5) is 12.2. The highest BCUT2D eigenvalue weighted by Gasteiger charge is 2.11. The molecule has 0 fully saturated rings. The van der Waals surface area contributed by atoms with Gasteiger partial charge >= 0.3 is 6.03 Å². The van der Waals surface area contributed by atoms with Crippen LogP contribution < -0.4 is 10.6 Å². The van der Waals surface area contributed by atoms with Gasteiger partial charge in [0.05, 0.1) is 10.9 Å². The van der Waals surface area contributed by atoms with Crippen LogP contribution in [0.15, 0.2) is 53.4 Å². The molecule has 0 aromatic heterocycles. The third kappa shape index (κ3) is 6.07. The van der Waals surface area contributed by atoms with E-state index in [1.165, 1.54) is 0 Å². The molecule has 0 saturated heterocycles. The molecule has 0 aliphatic rings. The minimum atomic E-state index is -3.22. The van der Waals surface area contributed by atoms with Crippen LogP contribution in [0.5, 0.6) is 0 Å². The molecule has 0 radical (unpaired) electrons. The molecule has 134 valence electrons. The van der Waals surface area contributed by atoms with Gasteiger partial charge in [-0.05, 0) is 48.7 Å². The Balaban J connectivity index is 1.83. The predicted molar refractivity (Wildman–Crippen MR) is 99.7 cm³/mol. The Hall–Kier alpha value is -2.05. The fraction of sp³-hybridized carbons (Fsp3) is 0.278. The van der Waals surface area contributed by atoms with Gasteiger partial charge in [-0.2, -0.15) is 0 Å². The van der Waals surface area contributed by atoms with Crippen molar-refractivity contribution in [3.05, 3.63) is 64.7 Å². The van der Waals surface area contributed by atoms with E-state index in [4.69, 9.17) is 11.6 Å². The summed E-state index contributed by atoms with van der Waals surface area (Å²) < 4.78 is 22.9. The van der Waals surface area contributed by atoms with Gasteiger partial charge in [0.1, 0.15) is 0 Å². The molecule has 2 amide bonds. The molecule has 0 aliphatic carbocycles. The Labute approximate surface area is 153 Å². The molecule has 25 heavy (non-hydrogen) atoms. The summed E-state index contributed by atoms with van der Waals surface area (Å²) >= 11 is 5.92. The molecule has 1 atom stereocenters. The lowest BCUT2D eigenvalue weighted by Crippen LogP contribution is -2.38. The normalized spacial score (nSPS) is 12.4. The zero-order valence-corrected chi connectivity index (χ0v) is 15.7. The first-order valence-corrected chi connectivity index (χ1v) is 10.1. The highest BCUT2D eigenvalue weighted by atomic mass is 35.5. The van der Waals surface area contributed by atoms with Gasteiger partial charge < -0.3 is 10.6 Å². The first-order chi connectivity index (χ1) is 11.8. The molecule has 7 heteroatoms. The van der Waals surface area contributed by atoms with Crippen molar-refractivity contribution in [1.29, 1.82) is 0 Å². The Morgan fingerprint density at radius 2 is 1.84 bits per heavy atom. The third-order valence-electron chi connectivity index (χ3n) is 3.74. The van der Waals surface area contributed by atoms with Crippen LogP contribution >= 0.6 is 11.6 Å². The van der Waals surface area contributed by atoms with Gasteiger partial charge in [-0.1, -0.05) is 35.9 Å². The van der Waals surface area contributed by atoms with Crippen LogP contribution in [0.4, 0.5) is 4.79 Å². The topological polar surface area (TPSA) is 75.3 Å². The third-order valence-corrected chi connectivity index (χ3v) is 5.11. The largest absolute Gasteiger partial charge is 0.338 e. The summed E-state index contributed by atoms with van der Waals surface area (Å²) in [5.74, 6) is 0. The second kappa shape index (κ2) is 8.36. The molecule has 0 aliphatic heterocycles. The Bertz CT molecular complexity index is 836. The number of hydrogen-bond acceptors (Lipinski definition) is 3. The van der Waals surface area contributed by atoms with Gasteiger partial charge in [0.15, 0.2) is 9.84 Å². The molecular formula is C18H21ClN2O3S.